The predicted octanol–water partition coefficient (Wildman–Crippen LogP) is 5.02. The van der Waals surface area contributed by atoms with Crippen LogP contribution in [0.5, 0.6) is 5.75 Å². The Morgan fingerprint density at radius 1 is 1.22 bits per heavy atom. The van der Waals surface area contributed by atoms with Crippen molar-refractivity contribution in [3.63, 3.8) is 0 Å². The largest absolute Gasteiger partial charge is 0.495 e. The van der Waals surface area contributed by atoms with Crippen LogP contribution in [-0.2, 0) is 0 Å². The van der Waals surface area contributed by atoms with E-state index in [2.05, 4.69) is 29.1 Å². The first-order valence-electron chi connectivity index (χ1n) is 10.1. The van der Waals surface area contributed by atoms with Crippen LogP contribution in [0.4, 0.5) is 5.69 Å². The van der Waals surface area contributed by atoms with E-state index in [0.29, 0.717) is 16.8 Å². The van der Waals surface area contributed by atoms with Crippen LogP contribution in [-0.4, -0.2) is 54.2 Å². The molecule has 0 spiro atoms. The maximum Gasteiger partial charge on any atom is 0.173 e. The van der Waals surface area contributed by atoms with Crippen LogP contribution in [0.15, 0.2) is 18.2 Å². The summed E-state index contributed by atoms with van der Waals surface area (Å²) >= 11 is 11.8. The van der Waals surface area contributed by atoms with Crippen molar-refractivity contribution in [1.29, 1.82) is 0 Å². The fraction of sp³-hybridized carbons (Fsp3) is 0.667. The number of piperidine rings is 1. The molecule has 0 aromatic heterocycles. The lowest BCUT2D eigenvalue weighted by Gasteiger charge is -2.44. The van der Waals surface area contributed by atoms with Gasteiger partial charge in [-0.15, -0.1) is 0 Å². The Bertz CT molecular complexity index is 648. The third-order valence-corrected chi connectivity index (χ3v) is 6.98. The van der Waals surface area contributed by atoms with Gasteiger partial charge in [-0.3, -0.25) is 0 Å². The van der Waals surface area contributed by atoms with Gasteiger partial charge in [-0.2, -0.15) is 0 Å². The van der Waals surface area contributed by atoms with Crippen molar-refractivity contribution in [1.82, 2.24) is 9.80 Å². The van der Waals surface area contributed by atoms with Gasteiger partial charge in [0.2, 0.25) is 0 Å². The molecule has 2 aliphatic rings. The van der Waals surface area contributed by atoms with Crippen LogP contribution in [0.25, 0.3) is 0 Å². The number of nitrogens with one attached hydrogen (secondary N) is 1. The molecule has 2 atom stereocenters. The van der Waals surface area contributed by atoms with E-state index in [-0.39, 0.29) is 0 Å². The van der Waals surface area contributed by atoms with Crippen molar-refractivity contribution in [3.05, 3.63) is 23.2 Å². The minimum Gasteiger partial charge on any atom is -0.495 e. The highest BCUT2D eigenvalue weighted by Crippen LogP contribution is 2.31. The molecule has 27 heavy (non-hydrogen) atoms. The molecule has 3 rings (SSSR count). The molecule has 1 N–H and O–H groups in total. The van der Waals surface area contributed by atoms with Crippen LogP contribution in [0.2, 0.25) is 5.02 Å². The number of hydrogen-bond donors (Lipinski definition) is 1. The number of nitrogens with zero attached hydrogens (tertiary/aromatic N) is 2. The lowest BCUT2D eigenvalue weighted by molar-refractivity contribution is 0.0691. The van der Waals surface area contributed by atoms with Crippen LogP contribution < -0.4 is 10.1 Å². The number of halogens is 1. The summed E-state index contributed by atoms with van der Waals surface area (Å²) in [6.07, 6.45) is 7.87. The van der Waals surface area contributed by atoms with Crippen LogP contribution in [0.1, 0.15) is 45.4 Å². The van der Waals surface area contributed by atoms with E-state index in [1.165, 1.54) is 38.5 Å². The van der Waals surface area contributed by atoms with Gasteiger partial charge in [0.25, 0.3) is 0 Å². The molecule has 4 nitrogen and oxygen atoms in total. The molecule has 1 heterocycles. The number of hydrogen-bond acceptors (Lipinski definition) is 3. The molecule has 0 unspecified atom stereocenters. The maximum atomic E-state index is 6.21. The smallest absolute Gasteiger partial charge is 0.173 e. The third-order valence-electron chi connectivity index (χ3n) is 6.32. The summed E-state index contributed by atoms with van der Waals surface area (Å²) < 4.78 is 5.21. The summed E-state index contributed by atoms with van der Waals surface area (Å²) in [6.45, 7) is 4.44. The second-order valence-corrected chi connectivity index (χ2v) is 8.79. The van der Waals surface area contributed by atoms with Gasteiger partial charge in [-0.05, 0) is 69.1 Å². The van der Waals surface area contributed by atoms with Gasteiger partial charge in [0, 0.05) is 30.9 Å². The Kier molecular flexibility index (Phi) is 7.23. The highest BCUT2D eigenvalue weighted by molar-refractivity contribution is 7.80. The first-order valence-corrected chi connectivity index (χ1v) is 10.9. The Morgan fingerprint density at radius 3 is 2.56 bits per heavy atom. The number of rotatable bonds is 4. The highest BCUT2D eigenvalue weighted by Gasteiger charge is 2.31. The fourth-order valence-corrected chi connectivity index (χ4v) is 5.15. The molecular formula is C21H32ClN3OS. The number of likely N-dealkylation sites (tertiary alicyclic amines) is 1. The lowest BCUT2D eigenvalue weighted by Crippen LogP contribution is -2.51. The van der Waals surface area contributed by atoms with E-state index < -0.39 is 0 Å². The molecule has 0 bridgehead atoms. The van der Waals surface area contributed by atoms with E-state index in [1.54, 1.807) is 7.11 Å². The molecule has 150 valence electrons. The van der Waals surface area contributed by atoms with Gasteiger partial charge < -0.3 is 19.9 Å². The van der Waals surface area contributed by atoms with Crippen LogP contribution in [0.3, 0.4) is 0 Å². The molecule has 6 heteroatoms. The third kappa shape index (κ3) is 5.07. The summed E-state index contributed by atoms with van der Waals surface area (Å²) in [6, 6.07) is 7.09. The maximum absolute atomic E-state index is 6.21. The molecule has 0 amide bonds. The molecule has 1 aromatic rings. The van der Waals surface area contributed by atoms with E-state index in [4.69, 9.17) is 28.6 Å². The van der Waals surface area contributed by atoms with Crippen molar-refractivity contribution >= 4 is 34.6 Å². The zero-order valence-corrected chi connectivity index (χ0v) is 18.3. The van der Waals surface area contributed by atoms with E-state index in [1.807, 2.05) is 18.2 Å². The summed E-state index contributed by atoms with van der Waals surface area (Å²) in [5.74, 6) is 1.50. The van der Waals surface area contributed by atoms with Gasteiger partial charge in [0.05, 0.1) is 12.1 Å². The van der Waals surface area contributed by atoms with Crippen molar-refractivity contribution in [2.45, 2.75) is 57.5 Å². The molecule has 1 saturated carbocycles. The molecule has 1 aliphatic heterocycles. The molecule has 1 aliphatic carbocycles. The Labute approximate surface area is 174 Å². The van der Waals surface area contributed by atoms with Crippen molar-refractivity contribution in [2.24, 2.45) is 5.92 Å². The van der Waals surface area contributed by atoms with Crippen molar-refractivity contribution in [2.75, 3.05) is 32.6 Å². The van der Waals surface area contributed by atoms with Gasteiger partial charge in [0.15, 0.2) is 5.11 Å². The summed E-state index contributed by atoms with van der Waals surface area (Å²) in [5, 5.41) is 4.69. The molecule has 1 saturated heterocycles. The summed E-state index contributed by atoms with van der Waals surface area (Å²) in [5.41, 5.74) is 0.904. The van der Waals surface area contributed by atoms with Gasteiger partial charge >= 0.3 is 0 Å². The monoisotopic (exact) mass is 409 g/mol. The minimum atomic E-state index is 0.590. The molecule has 1 aromatic carbocycles. The van der Waals surface area contributed by atoms with Crippen LogP contribution in [0, 0.1) is 5.92 Å². The predicted molar refractivity (Wildman–Crippen MR) is 118 cm³/mol. The number of ether oxygens (including phenoxy) is 1. The summed E-state index contributed by atoms with van der Waals surface area (Å²) in [4.78, 5) is 4.95. The standard InChI is InChI=1S/C21H32ClN3OS/c1-15-6-4-5-7-19(15)24(2)17-10-12-25(13-11-17)21(27)23-16-8-9-20(26-3)18(22)14-16/h8-9,14-15,17,19H,4-7,10-13H2,1-3H3,(H,23,27)/t15-,19+/m1/s1. The first kappa shape index (κ1) is 20.7. The quantitative estimate of drug-likeness (QED) is 0.704. The summed E-state index contributed by atoms with van der Waals surface area (Å²) in [7, 11) is 3.96. The van der Waals surface area contributed by atoms with E-state index >= 15 is 0 Å². The average Bonchev–Trinajstić information content (AvgIpc) is 2.68. The molecule has 0 radical (unpaired) electrons. The van der Waals surface area contributed by atoms with Crippen molar-refractivity contribution < 1.29 is 4.74 Å². The highest BCUT2D eigenvalue weighted by atomic mass is 35.5. The second kappa shape index (κ2) is 9.44. The second-order valence-electron chi connectivity index (χ2n) is 7.99. The number of methoxy groups -OCH3 is 1. The topological polar surface area (TPSA) is 27.7 Å². The normalized spacial score (nSPS) is 24.1. The van der Waals surface area contributed by atoms with Gasteiger partial charge in [-0.25, -0.2) is 0 Å². The molecular weight excluding hydrogens is 378 g/mol. The first-order chi connectivity index (χ1) is 13.0. The Hall–Kier alpha value is -1.04. The SMILES string of the molecule is COc1ccc(NC(=S)N2CCC(N(C)[C@H]3CCCC[C@H]3C)CC2)cc1Cl. The van der Waals surface area contributed by atoms with E-state index in [0.717, 1.165) is 35.8 Å². The average molecular weight is 410 g/mol. The van der Waals surface area contributed by atoms with Crippen LogP contribution >= 0.6 is 23.8 Å². The zero-order valence-electron chi connectivity index (χ0n) is 16.7. The van der Waals surface area contributed by atoms with Gasteiger partial charge in [-0.1, -0.05) is 31.4 Å². The lowest BCUT2D eigenvalue weighted by atomic mass is 9.84. The fourth-order valence-electron chi connectivity index (χ4n) is 4.60. The van der Waals surface area contributed by atoms with E-state index in [9.17, 15) is 0 Å². The van der Waals surface area contributed by atoms with Gasteiger partial charge in [0.1, 0.15) is 5.75 Å². The number of benzene rings is 1. The Balaban J connectivity index is 1.51. The minimum absolute atomic E-state index is 0.590. The number of thiocarbonyl (C=S) groups is 1. The number of anilines is 1. The zero-order chi connectivity index (χ0) is 19.4. The van der Waals surface area contributed by atoms with Crippen molar-refractivity contribution in [3.8, 4) is 5.75 Å². The Morgan fingerprint density at radius 2 is 1.93 bits per heavy atom. The molecule has 2 fully saturated rings.